The van der Waals surface area contributed by atoms with Crippen LogP contribution in [0.4, 0.5) is 11.4 Å². The molecule has 0 bridgehead atoms. The summed E-state index contributed by atoms with van der Waals surface area (Å²) in [5.74, 6) is 5.34. The van der Waals surface area contributed by atoms with Crippen molar-refractivity contribution in [2.75, 3.05) is 16.9 Å². The second-order valence-electron chi connectivity index (χ2n) is 6.67. The summed E-state index contributed by atoms with van der Waals surface area (Å²) < 4.78 is 1.21. The van der Waals surface area contributed by atoms with Crippen LogP contribution in [-0.4, -0.2) is 43.3 Å². The highest BCUT2D eigenvalue weighted by Gasteiger charge is 2.26. The van der Waals surface area contributed by atoms with E-state index in [2.05, 4.69) is 20.8 Å². The molecule has 2 aromatic carbocycles. The molecule has 0 radical (unpaired) electrons. The minimum absolute atomic E-state index is 0.0928. The van der Waals surface area contributed by atoms with Crippen molar-refractivity contribution in [3.63, 3.8) is 0 Å². The number of nitro groups is 1. The summed E-state index contributed by atoms with van der Waals surface area (Å²) in [5.41, 5.74) is 1.23. The van der Waals surface area contributed by atoms with Gasteiger partial charge in [0.25, 0.3) is 17.5 Å². The summed E-state index contributed by atoms with van der Waals surface area (Å²) in [6, 6.07) is 10.3. The molecule has 4 N–H and O–H groups in total. The number of nitrogens with zero attached hydrogens (tertiary/aromatic N) is 4. The highest BCUT2D eigenvalue weighted by atomic mass is 32.2. The van der Waals surface area contributed by atoms with Crippen LogP contribution in [0, 0.1) is 10.1 Å². The largest absolute Gasteiger partial charge is 0.335 e. The maximum absolute atomic E-state index is 12.2. The molecule has 13 heteroatoms. The van der Waals surface area contributed by atoms with Crippen LogP contribution in [0.5, 0.6) is 0 Å². The third-order valence-corrected chi connectivity index (χ3v) is 5.50. The molecule has 0 saturated carbocycles. The molecule has 32 heavy (non-hydrogen) atoms. The number of fused-ring (bicyclic) bond motifs is 1. The summed E-state index contributed by atoms with van der Waals surface area (Å²) in [7, 11) is 0. The number of hydrogen-bond acceptors (Lipinski definition) is 9. The van der Waals surface area contributed by atoms with Crippen LogP contribution in [0.1, 0.15) is 27.1 Å². The summed E-state index contributed by atoms with van der Waals surface area (Å²) in [6.45, 7) is 0. The van der Waals surface area contributed by atoms with E-state index < -0.39 is 16.7 Å². The van der Waals surface area contributed by atoms with Crippen LogP contribution in [0.2, 0.25) is 0 Å². The minimum Gasteiger partial charge on any atom is -0.335 e. The smallest absolute Gasteiger partial charge is 0.270 e. The molecule has 0 saturated heterocycles. The number of thioether (sulfide) groups is 1. The predicted molar refractivity (Wildman–Crippen MR) is 114 cm³/mol. The number of nitro benzene ring substituents is 1. The van der Waals surface area contributed by atoms with Gasteiger partial charge in [-0.25, -0.2) is 4.68 Å². The number of hydrogen-bond donors (Lipinski definition) is 3. The molecule has 3 aromatic rings. The van der Waals surface area contributed by atoms with Gasteiger partial charge in [0.15, 0.2) is 5.82 Å². The number of aromatic nitrogens is 3. The third kappa shape index (κ3) is 4.13. The molecule has 1 aromatic heterocycles. The van der Waals surface area contributed by atoms with E-state index >= 15 is 0 Å². The lowest BCUT2D eigenvalue weighted by molar-refractivity contribution is -0.384. The Balaban J connectivity index is 1.35. The van der Waals surface area contributed by atoms with Crippen molar-refractivity contribution in [1.82, 2.24) is 20.2 Å². The standard InChI is InChI=1S/C19H15N7O5S/c20-25-16(10-2-1-3-12(8-10)26(30)31)23-24-19(25)32-7-6-15(27)21-11-4-5-13-14(9-11)18(29)22-17(13)28/h1-5,8-9H,6-7,20H2,(H,21,27)(H,22,28,29). The number of nitrogens with one attached hydrogen (secondary N) is 2. The van der Waals surface area contributed by atoms with E-state index in [1.807, 2.05) is 0 Å². The SMILES string of the molecule is Nn1c(SCCC(=O)Nc2ccc3c(c2)C(=O)NC3=O)nnc1-c1cccc([N+](=O)[O-])c1. The fraction of sp³-hybridized carbons (Fsp3) is 0.105. The summed E-state index contributed by atoms with van der Waals surface area (Å²) >= 11 is 1.19. The van der Waals surface area contributed by atoms with E-state index in [9.17, 15) is 24.5 Å². The zero-order valence-corrected chi connectivity index (χ0v) is 17.1. The van der Waals surface area contributed by atoms with Crippen molar-refractivity contribution < 1.29 is 19.3 Å². The van der Waals surface area contributed by atoms with Gasteiger partial charge in [0.05, 0.1) is 16.1 Å². The van der Waals surface area contributed by atoms with Gasteiger partial charge in [0.2, 0.25) is 11.1 Å². The number of amides is 3. The Hall–Kier alpha value is -4.26. The average Bonchev–Trinajstić information content (AvgIpc) is 3.27. The maximum Gasteiger partial charge on any atom is 0.270 e. The van der Waals surface area contributed by atoms with E-state index in [-0.39, 0.29) is 35.0 Å². The van der Waals surface area contributed by atoms with E-state index in [1.165, 1.54) is 46.8 Å². The van der Waals surface area contributed by atoms with Crippen LogP contribution < -0.4 is 16.5 Å². The average molecular weight is 453 g/mol. The number of carbonyl (C=O) groups is 3. The lowest BCUT2D eigenvalue weighted by Crippen LogP contribution is -2.19. The number of nitrogens with two attached hydrogens (primary N) is 1. The van der Waals surface area contributed by atoms with Crippen LogP contribution >= 0.6 is 11.8 Å². The minimum atomic E-state index is -0.514. The molecule has 3 amide bonds. The molecule has 0 spiro atoms. The van der Waals surface area contributed by atoms with Crippen molar-refractivity contribution in [2.45, 2.75) is 11.6 Å². The van der Waals surface area contributed by atoms with Crippen LogP contribution in [0.3, 0.4) is 0 Å². The van der Waals surface area contributed by atoms with E-state index in [1.54, 1.807) is 12.1 Å². The molecule has 0 fully saturated rings. The van der Waals surface area contributed by atoms with Crippen molar-refractivity contribution in [1.29, 1.82) is 0 Å². The van der Waals surface area contributed by atoms with Gasteiger partial charge < -0.3 is 11.2 Å². The second kappa shape index (κ2) is 8.47. The first kappa shape index (κ1) is 21.0. The molecule has 2 heterocycles. The van der Waals surface area contributed by atoms with Crippen LogP contribution in [0.15, 0.2) is 47.6 Å². The lowest BCUT2D eigenvalue weighted by Gasteiger charge is -2.06. The summed E-state index contributed by atoms with van der Waals surface area (Å²) in [5, 5.41) is 24.1. The van der Waals surface area contributed by atoms with Crippen molar-refractivity contribution in [2.24, 2.45) is 0 Å². The first-order valence-corrected chi connectivity index (χ1v) is 10.2. The Labute approximate surface area is 184 Å². The van der Waals surface area contributed by atoms with E-state index in [0.29, 0.717) is 22.2 Å². The van der Waals surface area contributed by atoms with E-state index in [0.717, 1.165) is 0 Å². The van der Waals surface area contributed by atoms with Gasteiger partial charge in [0, 0.05) is 35.6 Å². The molecule has 0 atom stereocenters. The first-order valence-electron chi connectivity index (χ1n) is 9.21. The first-order chi connectivity index (χ1) is 15.3. The molecule has 12 nitrogen and oxygen atoms in total. The molecular formula is C19H15N7O5S. The molecule has 4 rings (SSSR count). The number of nitrogen functional groups attached to an aromatic ring is 1. The number of rotatable bonds is 7. The molecular weight excluding hydrogens is 438 g/mol. The Morgan fingerprint density at radius 3 is 2.72 bits per heavy atom. The normalized spacial score (nSPS) is 12.4. The van der Waals surface area contributed by atoms with Crippen molar-refractivity contribution >= 4 is 40.9 Å². The van der Waals surface area contributed by atoms with Gasteiger partial charge in [-0.1, -0.05) is 23.9 Å². The van der Waals surface area contributed by atoms with E-state index in [4.69, 9.17) is 5.84 Å². The fourth-order valence-electron chi connectivity index (χ4n) is 3.04. The highest BCUT2D eigenvalue weighted by molar-refractivity contribution is 7.99. The van der Waals surface area contributed by atoms with Gasteiger partial charge in [-0.15, -0.1) is 10.2 Å². The number of imide groups is 1. The molecule has 0 unspecified atom stereocenters. The topological polar surface area (TPSA) is 175 Å². The molecule has 0 aliphatic carbocycles. The quantitative estimate of drug-likeness (QED) is 0.158. The van der Waals surface area contributed by atoms with Crippen LogP contribution in [-0.2, 0) is 4.79 Å². The summed E-state index contributed by atoms with van der Waals surface area (Å²) in [4.78, 5) is 46.0. The Morgan fingerprint density at radius 1 is 1.16 bits per heavy atom. The number of benzene rings is 2. The predicted octanol–water partition coefficient (Wildman–Crippen LogP) is 1.57. The number of anilines is 1. The van der Waals surface area contributed by atoms with Gasteiger partial charge >= 0.3 is 0 Å². The van der Waals surface area contributed by atoms with Gasteiger partial charge in [-0.3, -0.25) is 29.8 Å². The zero-order valence-electron chi connectivity index (χ0n) is 16.3. The second-order valence-corrected chi connectivity index (χ2v) is 7.74. The molecule has 1 aliphatic heterocycles. The maximum atomic E-state index is 12.2. The lowest BCUT2D eigenvalue weighted by atomic mass is 10.1. The van der Waals surface area contributed by atoms with Gasteiger partial charge in [-0.2, -0.15) is 0 Å². The van der Waals surface area contributed by atoms with Gasteiger partial charge in [0.1, 0.15) is 0 Å². The number of carbonyl (C=O) groups excluding carboxylic acids is 3. The van der Waals surface area contributed by atoms with Crippen LogP contribution in [0.25, 0.3) is 11.4 Å². The van der Waals surface area contributed by atoms with Crippen molar-refractivity contribution in [3.8, 4) is 11.4 Å². The Kier molecular flexibility index (Phi) is 5.55. The monoisotopic (exact) mass is 453 g/mol. The fourth-order valence-corrected chi connectivity index (χ4v) is 3.83. The van der Waals surface area contributed by atoms with Gasteiger partial charge in [-0.05, 0) is 18.2 Å². The summed E-state index contributed by atoms with van der Waals surface area (Å²) in [6.07, 6.45) is 0.117. The Bertz CT molecular complexity index is 1270. The zero-order chi connectivity index (χ0) is 22.8. The third-order valence-electron chi connectivity index (χ3n) is 4.56. The highest BCUT2D eigenvalue weighted by Crippen LogP contribution is 2.25. The molecule has 162 valence electrons. The van der Waals surface area contributed by atoms with Crippen molar-refractivity contribution in [3.05, 3.63) is 63.7 Å². The molecule has 1 aliphatic rings. The number of non-ortho nitro benzene ring substituents is 1. The Morgan fingerprint density at radius 2 is 1.94 bits per heavy atom.